The van der Waals surface area contributed by atoms with Crippen LogP contribution >= 0.6 is 0 Å². The number of aliphatic hydroxyl groups is 1. The Bertz CT molecular complexity index is 510. The van der Waals surface area contributed by atoms with Gasteiger partial charge in [-0.25, -0.2) is 0 Å². The van der Waals surface area contributed by atoms with E-state index in [-0.39, 0.29) is 18.4 Å². The van der Waals surface area contributed by atoms with E-state index < -0.39 is 11.6 Å². The molecule has 0 heterocycles. The van der Waals surface area contributed by atoms with Crippen molar-refractivity contribution in [1.82, 2.24) is 10.6 Å². The SMILES string of the molecule is CC(NC(=O)c1ccccc1)C(=O)NCC1(O)CCCCC1. The molecule has 2 rings (SSSR count). The van der Waals surface area contributed by atoms with Crippen LogP contribution < -0.4 is 10.6 Å². The lowest BCUT2D eigenvalue weighted by molar-refractivity contribution is -0.124. The highest BCUT2D eigenvalue weighted by molar-refractivity contribution is 5.97. The predicted octanol–water partition coefficient (Wildman–Crippen LogP) is 1.62. The quantitative estimate of drug-likeness (QED) is 0.773. The van der Waals surface area contributed by atoms with Crippen LogP contribution in [0.3, 0.4) is 0 Å². The van der Waals surface area contributed by atoms with Gasteiger partial charge in [-0.1, -0.05) is 37.5 Å². The van der Waals surface area contributed by atoms with Gasteiger partial charge in [-0.05, 0) is 31.9 Å². The van der Waals surface area contributed by atoms with Crippen LogP contribution in [0.2, 0.25) is 0 Å². The van der Waals surface area contributed by atoms with Crippen molar-refractivity contribution in [1.29, 1.82) is 0 Å². The van der Waals surface area contributed by atoms with Crippen molar-refractivity contribution in [3.8, 4) is 0 Å². The first kappa shape index (κ1) is 16.5. The van der Waals surface area contributed by atoms with Gasteiger partial charge in [-0.15, -0.1) is 0 Å². The standard InChI is InChI=1S/C17H24N2O3/c1-13(19-16(21)14-8-4-2-5-9-14)15(20)18-12-17(22)10-6-3-7-11-17/h2,4-5,8-9,13,22H,3,6-7,10-12H2,1H3,(H,18,20)(H,19,21). The van der Waals surface area contributed by atoms with E-state index in [1.54, 1.807) is 31.2 Å². The molecule has 1 saturated carbocycles. The van der Waals surface area contributed by atoms with Crippen molar-refractivity contribution in [3.63, 3.8) is 0 Å². The van der Waals surface area contributed by atoms with Gasteiger partial charge in [0.15, 0.2) is 0 Å². The minimum absolute atomic E-state index is 0.247. The van der Waals surface area contributed by atoms with Crippen molar-refractivity contribution in [3.05, 3.63) is 35.9 Å². The maximum atomic E-state index is 12.1. The summed E-state index contributed by atoms with van der Waals surface area (Å²) in [6.45, 7) is 1.89. The molecule has 0 saturated heterocycles. The zero-order valence-electron chi connectivity index (χ0n) is 13.0. The fraction of sp³-hybridized carbons (Fsp3) is 0.529. The van der Waals surface area contributed by atoms with Gasteiger partial charge in [0.05, 0.1) is 5.60 Å². The number of nitrogens with one attached hydrogen (secondary N) is 2. The van der Waals surface area contributed by atoms with E-state index in [1.165, 1.54) is 0 Å². The van der Waals surface area contributed by atoms with Gasteiger partial charge in [-0.2, -0.15) is 0 Å². The summed E-state index contributed by atoms with van der Waals surface area (Å²) in [6, 6.07) is 8.14. The van der Waals surface area contributed by atoms with Crippen molar-refractivity contribution in [2.75, 3.05) is 6.54 Å². The molecule has 120 valence electrons. The summed E-state index contributed by atoms with van der Waals surface area (Å²) in [5.41, 5.74) is -0.273. The molecule has 22 heavy (non-hydrogen) atoms. The van der Waals surface area contributed by atoms with Crippen LogP contribution in [0.15, 0.2) is 30.3 Å². The van der Waals surface area contributed by atoms with Gasteiger partial charge >= 0.3 is 0 Å². The minimum Gasteiger partial charge on any atom is -0.388 e. The maximum Gasteiger partial charge on any atom is 0.251 e. The topological polar surface area (TPSA) is 78.4 Å². The molecule has 5 nitrogen and oxygen atoms in total. The first-order valence-corrected chi connectivity index (χ1v) is 7.86. The fourth-order valence-electron chi connectivity index (χ4n) is 2.73. The molecule has 1 atom stereocenters. The summed E-state index contributed by atoms with van der Waals surface area (Å²) in [7, 11) is 0. The number of hydrogen-bond donors (Lipinski definition) is 3. The number of benzene rings is 1. The summed E-state index contributed by atoms with van der Waals surface area (Å²) < 4.78 is 0. The highest BCUT2D eigenvalue weighted by atomic mass is 16.3. The van der Waals surface area contributed by atoms with Gasteiger partial charge < -0.3 is 15.7 Å². The smallest absolute Gasteiger partial charge is 0.251 e. The monoisotopic (exact) mass is 304 g/mol. The summed E-state index contributed by atoms with van der Waals surface area (Å²) in [5.74, 6) is -0.553. The lowest BCUT2D eigenvalue weighted by atomic mass is 9.85. The number of amides is 2. The molecule has 2 amide bonds. The van der Waals surface area contributed by atoms with Crippen LogP contribution in [0.1, 0.15) is 49.4 Å². The third-order valence-corrected chi connectivity index (χ3v) is 4.15. The second-order valence-electron chi connectivity index (χ2n) is 6.06. The molecule has 5 heteroatoms. The highest BCUT2D eigenvalue weighted by Crippen LogP contribution is 2.27. The molecule has 1 aromatic carbocycles. The van der Waals surface area contributed by atoms with Crippen LogP contribution in [-0.4, -0.2) is 35.1 Å². The number of carbonyl (C=O) groups is 2. The van der Waals surface area contributed by atoms with Gasteiger partial charge in [0.1, 0.15) is 6.04 Å². The lowest BCUT2D eigenvalue weighted by Crippen LogP contribution is -2.50. The Morgan fingerprint density at radius 2 is 1.82 bits per heavy atom. The normalized spacial score (nSPS) is 18.3. The second-order valence-corrected chi connectivity index (χ2v) is 6.06. The molecule has 3 N–H and O–H groups in total. The highest BCUT2D eigenvalue weighted by Gasteiger charge is 2.30. The van der Waals surface area contributed by atoms with Gasteiger partial charge in [0.25, 0.3) is 5.91 Å². The predicted molar refractivity (Wildman–Crippen MR) is 84.4 cm³/mol. The summed E-state index contributed by atoms with van der Waals surface area (Å²) in [4.78, 5) is 24.0. The average molecular weight is 304 g/mol. The van der Waals surface area contributed by atoms with E-state index >= 15 is 0 Å². The Morgan fingerprint density at radius 3 is 2.45 bits per heavy atom. The first-order chi connectivity index (χ1) is 10.5. The minimum atomic E-state index is -0.795. The van der Waals surface area contributed by atoms with Crippen molar-refractivity contribution < 1.29 is 14.7 Å². The molecule has 1 unspecified atom stereocenters. The number of hydrogen-bond acceptors (Lipinski definition) is 3. The molecule has 0 aliphatic heterocycles. The van der Waals surface area contributed by atoms with E-state index in [9.17, 15) is 14.7 Å². The molecular formula is C17H24N2O3. The van der Waals surface area contributed by atoms with E-state index in [0.717, 1.165) is 32.1 Å². The first-order valence-electron chi connectivity index (χ1n) is 7.86. The average Bonchev–Trinajstić information content (AvgIpc) is 2.54. The van der Waals surface area contributed by atoms with Crippen LogP contribution in [0, 0.1) is 0 Å². The summed E-state index contributed by atoms with van der Waals surface area (Å²) in [5, 5.41) is 15.8. The molecule has 1 fully saturated rings. The zero-order chi connectivity index (χ0) is 16.0. The van der Waals surface area contributed by atoms with Crippen LogP contribution in [0.4, 0.5) is 0 Å². The van der Waals surface area contributed by atoms with Crippen molar-refractivity contribution in [2.24, 2.45) is 0 Å². The van der Waals surface area contributed by atoms with Gasteiger partial charge in [0, 0.05) is 12.1 Å². The van der Waals surface area contributed by atoms with Crippen molar-refractivity contribution >= 4 is 11.8 Å². The molecule has 1 aliphatic rings. The second kappa shape index (κ2) is 7.40. The summed E-state index contributed by atoms with van der Waals surface area (Å²) >= 11 is 0. The third kappa shape index (κ3) is 4.56. The Labute approximate surface area is 131 Å². The Balaban J connectivity index is 1.80. The van der Waals surface area contributed by atoms with Crippen LogP contribution in [0.5, 0.6) is 0 Å². The fourth-order valence-corrected chi connectivity index (χ4v) is 2.73. The summed E-state index contributed by atoms with van der Waals surface area (Å²) in [6.07, 6.45) is 4.56. The van der Waals surface area contributed by atoms with E-state index in [1.807, 2.05) is 6.07 Å². The molecule has 0 spiro atoms. The molecule has 1 aromatic rings. The zero-order valence-corrected chi connectivity index (χ0v) is 13.0. The Kier molecular flexibility index (Phi) is 5.55. The molecular weight excluding hydrogens is 280 g/mol. The molecule has 0 radical (unpaired) electrons. The number of rotatable bonds is 5. The number of carbonyl (C=O) groups excluding carboxylic acids is 2. The largest absolute Gasteiger partial charge is 0.388 e. The maximum absolute atomic E-state index is 12.1. The van der Waals surface area contributed by atoms with Gasteiger partial charge in [0.2, 0.25) is 5.91 Å². The molecule has 1 aliphatic carbocycles. The third-order valence-electron chi connectivity index (χ3n) is 4.15. The van der Waals surface area contributed by atoms with Crippen LogP contribution in [0.25, 0.3) is 0 Å². The Morgan fingerprint density at radius 1 is 1.18 bits per heavy atom. The molecule has 0 bridgehead atoms. The Hall–Kier alpha value is -1.88. The van der Waals surface area contributed by atoms with E-state index in [4.69, 9.17) is 0 Å². The van der Waals surface area contributed by atoms with E-state index in [0.29, 0.717) is 5.56 Å². The van der Waals surface area contributed by atoms with Crippen LogP contribution in [-0.2, 0) is 4.79 Å². The lowest BCUT2D eigenvalue weighted by Gasteiger charge is -2.32. The van der Waals surface area contributed by atoms with Crippen molar-refractivity contribution in [2.45, 2.75) is 50.7 Å². The van der Waals surface area contributed by atoms with Gasteiger partial charge in [-0.3, -0.25) is 9.59 Å². The van der Waals surface area contributed by atoms with E-state index in [2.05, 4.69) is 10.6 Å². The molecule has 0 aromatic heterocycles.